The van der Waals surface area contributed by atoms with Crippen molar-refractivity contribution in [2.45, 2.75) is 45.3 Å². The Kier molecular flexibility index (Phi) is 6.95. The predicted molar refractivity (Wildman–Crippen MR) is 125 cm³/mol. The lowest BCUT2D eigenvalue weighted by molar-refractivity contribution is -0.216. The van der Waals surface area contributed by atoms with Crippen molar-refractivity contribution in [2.75, 3.05) is 18.8 Å². The van der Waals surface area contributed by atoms with Gasteiger partial charge in [0, 0.05) is 17.7 Å². The van der Waals surface area contributed by atoms with Crippen LogP contribution in [0.4, 0.5) is 40.9 Å². The predicted octanol–water partition coefficient (Wildman–Crippen LogP) is 4.31. The van der Waals surface area contributed by atoms with Gasteiger partial charge in [0.05, 0.1) is 23.8 Å². The lowest BCUT2D eigenvalue weighted by Gasteiger charge is -2.30. The second-order valence-electron chi connectivity index (χ2n) is 9.92. The molecule has 0 radical (unpaired) electrons. The molecule has 0 aliphatic carbocycles. The van der Waals surface area contributed by atoms with Crippen molar-refractivity contribution in [2.24, 2.45) is 5.41 Å². The second-order valence-corrected chi connectivity index (χ2v) is 9.92. The number of hydrogen-bond donors (Lipinski definition) is 2. The third kappa shape index (κ3) is 4.90. The summed E-state index contributed by atoms with van der Waals surface area (Å²) >= 11 is 0. The van der Waals surface area contributed by atoms with E-state index in [1.54, 1.807) is 0 Å². The number of hydrogen-bond acceptors (Lipinski definition) is 5. The number of rotatable bonds is 4. The van der Waals surface area contributed by atoms with E-state index in [2.05, 4.69) is 15.4 Å². The lowest BCUT2D eigenvalue weighted by atomic mass is 9.91. The van der Waals surface area contributed by atoms with Crippen LogP contribution in [0.1, 0.15) is 35.3 Å². The molecule has 216 valence electrons. The van der Waals surface area contributed by atoms with Crippen LogP contribution in [-0.4, -0.2) is 62.8 Å². The number of nitrogen functional groups attached to an aromatic ring is 1. The van der Waals surface area contributed by atoms with Crippen LogP contribution < -0.4 is 11.1 Å². The van der Waals surface area contributed by atoms with Gasteiger partial charge in [0.25, 0.3) is 5.91 Å². The molecule has 0 saturated carbocycles. The lowest BCUT2D eigenvalue weighted by Crippen LogP contribution is -2.49. The summed E-state index contributed by atoms with van der Waals surface area (Å²) in [5.74, 6) is -3.89. The molecule has 0 bridgehead atoms. The number of alkyl halides is 7. The number of nitrogens with two attached hydrogens (primary N) is 1. The fourth-order valence-electron chi connectivity index (χ4n) is 4.42. The zero-order valence-corrected chi connectivity index (χ0v) is 21.1. The number of fused-ring (bicyclic) bond motifs is 1. The zero-order valence-electron chi connectivity index (χ0n) is 21.1. The number of carbonyl (C=O) groups excluding carboxylic acids is 2. The van der Waals surface area contributed by atoms with Gasteiger partial charge in [0.15, 0.2) is 5.82 Å². The van der Waals surface area contributed by atoms with Crippen LogP contribution in [-0.2, 0) is 11.0 Å². The minimum absolute atomic E-state index is 0.0318. The molecule has 0 spiro atoms. The number of halogens is 8. The van der Waals surface area contributed by atoms with E-state index in [0.29, 0.717) is 24.8 Å². The Balaban J connectivity index is 1.66. The minimum atomic E-state index is -4.91. The highest BCUT2D eigenvalue weighted by Gasteiger charge is 2.55. The van der Waals surface area contributed by atoms with Gasteiger partial charge >= 0.3 is 12.4 Å². The highest BCUT2D eigenvalue weighted by molar-refractivity contribution is 5.97. The third-order valence-corrected chi connectivity index (χ3v) is 6.82. The molecule has 3 aromatic rings. The van der Waals surface area contributed by atoms with E-state index in [-0.39, 0.29) is 11.1 Å². The first-order valence-corrected chi connectivity index (χ1v) is 11.7. The Morgan fingerprint density at radius 1 is 1.07 bits per heavy atom. The molecule has 40 heavy (non-hydrogen) atoms. The van der Waals surface area contributed by atoms with Gasteiger partial charge in [-0.1, -0.05) is 0 Å². The number of amides is 2. The monoisotopic (exact) mass is 578 g/mol. The maximum atomic E-state index is 15.0. The largest absolute Gasteiger partial charge is 0.418 e. The molecule has 2 atom stereocenters. The van der Waals surface area contributed by atoms with E-state index in [0.717, 1.165) is 23.0 Å². The van der Waals surface area contributed by atoms with Gasteiger partial charge in [0.1, 0.15) is 29.2 Å². The quantitative estimate of drug-likeness (QED) is 0.449. The van der Waals surface area contributed by atoms with Crippen LogP contribution in [0.15, 0.2) is 24.5 Å². The van der Waals surface area contributed by atoms with Gasteiger partial charge in [0.2, 0.25) is 5.91 Å². The van der Waals surface area contributed by atoms with Crippen molar-refractivity contribution in [1.82, 2.24) is 24.8 Å². The fourth-order valence-corrected chi connectivity index (χ4v) is 4.42. The summed E-state index contributed by atoms with van der Waals surface area (Å²) in [6.07, 6.45) is -10.9. The Labute approximate surface area is 221 Å². The molecular weight excluding hydrogens is 556 g/mol. The van der Waals surface area contributed by atoms with Crippen LogP contribution in [0.25, 0.3) is 16.8 Å². The maximum Gasteiger partial charge on any atom is 0.418 e. The highest BCUT2D eigenvalue weighted by Crippen LogP contribution is 2.41. The Hall–Kier alpha value is -3.98. The Bertz CT molecular complexity index is 1500. The van der Waals surface area contributed by atoms with Crippen LogP contribution in [0.3, 0.4) is 0 Å². The molecule has 1 aliphatic heterocycles. The fraction of sp³-hybridized carbons (Fsp3) is 0.417. The normalized spacial score (nSPS) is 18.4. The van der Waals surface area contributed by atoms with Crippen molar-refractivity contribution in [3.05, 3.63) is 47.0 Å². The van der Waals surface area contributed by atoms with Gasteiger partial charge in [-0.2, -0.15) is 31.4 Å². The summed E-state index contributed by atoms with van der Waals surface area (Å²) in [7, 11) is 0. The molecule has 1 aromatic carbocycles. The van der Waals surface area contributed by atoms with Crippen molar-refractivity contribution in [3.63, 3.8) is 0 Å². The molecule has 4 rings (SSSR count). The molecule has 0 unspecified atom stereocenters. The van der Waals surface area contributed by atoms with Crippen LogP contribution in [0.2, 0.25) is 0 Å². The van der Waals surface area contributed by atoms with Crippen molar-refractivity contribution in [3.8, 4) is 11.3 Å². The van der Waals surface area contributed by atoms with Crippen molar-refractivity contribution < 1.29 is 44.7 Å². The molecule has 2 aromatic heterocycles. The summed E-state index contributed by atoms with van der Waals surface area (Å²) < 4.78 is 111. The van der Waals surface area contributed by atoms with Crippen molar-refractivity contribution >= 4 is 23.1 Å². The number of benzene rings is 1. The van der Waals surface area contributed by atoms with E-state index in [4.69, 9.17) is 5.73 Å². The molecule has 1 aliphatic rings. The standard InChI is InChI=1S/C24H22F8N6O2/c1-10-4-14(25)12(17-6-13(23(27,28)29)18-19(33)34-9-35-38(17)18)5-11(10)20(39)36-16-8-37(7-15(16)26)21(40)22(2,3)24(30,31)32/h4-6,9,15-16H,7-8H2,1-3H3,(H,36,39)(H2,33,34,35)/t15-,16+/m0/s1. The van der Waals surface area contributed by atoms with E-state index < -0.39 is 88.9 Å². The smallest absolute Gasteiger partial charge is 0.382 e. The summed E-state index contributed by atoms with van der Waals surface area (Å²) in [4.78, 5) is 29.7. The molecule has 1 saturated heterocycles. The Morgan fingerprint density at radius 3 is 2.33 bits per heavy atom. The van der Waals surface area contributed by atoms with E-state index in [1.807, 2.05) is 0 Å². The summed E-state index contributed by atoms with van der Waals surface area (Å²) in [5.41, 5.74) is -0.149. The van der Waals surface area contributed by atoms with Crippen LogP contribution in [0.5, 0.6) is 0 Å². The molecule has 8 nitrogen and oxygen atoms in total. The minimum Gasteiger partial charge on any atom is -0.382 e. The number of carbonyl (C=O) groups is 2. The van der Waals surface area contributed by atoms with E-state index in [9.17, 15) is 40.3 Å². The molecule has 1 fully saturated rings. The van der Waals surface area contributed by atoms with Crippen LogP contribution in [0, 0.1) is 18.2 Å². The molecule has 3 heterocycles. The second kappa shape index (κ2) is 9.59. The number of nitrogens with one attached hydrogen (secondary N) is 1. The van der Waals surface area contributed by atoms with E-state index >= 15 is 4.39 Å². The number of aryl methyl sites for hydroxylation is 1. The first kappa shape index (κ1) is 29.0. The number of anilines is 1. The molecule has 3 N–H and O–H groups in total. The summed E-state index contributed by atoms with van der Waals surface area (Å²) in [6, 6.07) is 1.02. The van der Waals surface area contributed by atoms with Gasteiger partial charge in [-0.25, -0.2) is 18.3 Å². The highest BCUT2D eigenvalue weighted by atomic mass is 19.4. The van der Waals surface area contributed by atoms with Gasteiger partial charge in [-0.15, -0.1) is 0 Å². The number of nitrogens with zero attached hydrogens (tertiary/aromatic N) is 4. The summed E-state index contributed by atoms with van der Waals surface area (Å²) in [5, 5.41) is 6.03. The van der Waals surface area contributed by atoms with Crippen LogP contribution >= 0.6 is 0 Å². The number of likely N-dealkylation sites (tertiary alicyclic amines) is 1. The van der Waals surface area contributed by atoms with E-state index in [1.165, 1.54) is 6.92 Å². The Morgan fingerprint density at radius 2 is 1.73 bits per heavy atom. The first-order chi connectivity index (χ1) is 18.3. The van der Waals surface area contributed by atoms with Gasteiger partial charge in [-0.3, -0.25) is 9.59 Å². The van der Waals surface area contributed by atoms with Crippen molar-refractivity contribution in [1.29, 1.82) is 0 Å². The number of aromatic nitrogens is 3. The first-order valence-electron chi connectivity index (χ1n) is 11.7. The summed E-state index contributed by atoms with van der Waals surface area (Å²) in [6.45, 7) is 1.38. The molecule has 2 amide bonds. The SMILES string of the molecule is Cc1cc(F)c(-c2cc(C(F)(F)F)c3c(N)ncnn23)cc1C(=O)N[C@@H]1CN(C(=O)C(C)(C)C(F)(F)F)C[C@@H]1F. The topological polar surface area (TPSA) is 106 Å². The average molecular weight is 578 g/mol. The van der Waals surface area contributed by atoms with Gasteiger partial charge in [-0.05, 0) is 44.5 Å². The third-order valence-electron chi connectivity index (χ3n) is 6.82. The zero-order chi connectivity index (χ0) is 29.9. The maximum absolute atomic E-state index is 15.0. The molecular formula is C24H22F8N6O2. The average Bonchev–Trinajstić information content (AvgIpc) is 3.39. The van der Waals surface area contributed by atoms with Gasteiger partial charge < -0.3 is 16.0 Å². The molecule has 16 heteroatoms.